The van der Waals surface area contributed by atoms with E-state index in [9.17, 15) is 14.9 Å². The van der Waals surface area contributed by atoms with E-state index in [1.807, 2.05) is 51.1 Å². The second-order valence-electron chi connectivity index (χ2n) is 9.07. The zero-order valence-electron chi connectivity index (χ0n) is 19.2. The molecule has 1 aliphatic heterocycles. The number of halogens is 1. The van der Waals surface area contributed by atoms with Gasteiger partial charge in [0.25, 0.3) is 5.69 Å². The van der Waals surface area contributed by atoms with Crippen molar-refractivity contribution in [2.24, 2.45) is 0 Å². The maximum atomic E-state index is 12.6. The third kappa shape index (κ3) is 6.99. The largest absolute Gasteiger partial charge is 0.487 e. The lowest BCUT2D eigenvalue weighted by Gasteiger charge is -2.29. The van der Waals surface area contributed by atoms with Gasteiger partial charge >= 0.3 is 6.09 Å². The van der Waals surface area contributed by atoms with Gasteiger partial charge in [-0.3, -0.25) is 10.1 Å². The number of amides is 1. The average molecular weight is 476 g/mol. The Bertz CT molecular complexity index is 978. The third-order valence-electron chi connectivity index (χ3n) is 5.19. The predicted octanol–water partition coefficient (Wildman–Crippen LogP) is 6.03. The van der Waals surface area contributed by atoms with Gasteiger partial charge in [0, 0.05) is 25.2 Å². The molecule has 9 heteroatoms. The Balaban J connectivity index is 1.79. The molecule has 3 rings (SSSR count). The van der Waals surface area contributed by atoms with Crippen molar-refractivity contribution < 1.29 is 19.2 Å². The number of benzene rings is 2. The number of nitro groups is 1. The van der Waals surface area contributed by atoms with Crippen molar-refractivity contribution in [3.8, 4) is 5.75 Å². The first-order valence-electron chi connectivity index (χ1n) is 11.0. The van der Waals surface area contributed by atoms with Gasteiger partial charge in [0.05, 0.1) is 4.92 Å². The number of rotatable bonds is 6. The van der Waals surface area contributed by atoms with Crippen LogP contribution < -0.4 is 10.1 Å². The fourth-order valence-electron chi connectivity index (χ4n) is 3.64. The third-order valence-corrected chi connectivity index (χ3v) is 5.57. The summed E-state index contributed by atoms with van der Waals surface area (Å²) in [4.78, 5) is 25.5. The molecule has 1 atom stereocenters. The second-order valence-corrected chi connectivity index (χ2v) is 9.44. The van der Waals surface area contributed by atoms with Gasteiger partial charge in [-0.15, -0.1) is 0 Å². The highest BCUT2D eigenvalue weighted by Gasteiger charge is 2.29. The fourth-order valence-corrected chi connectivity index (χ4v) is 3.91. The van der Waals surface area contributed by atoms with Crippen LogP contribution in [-0.4, -0.2) is 40.6 Å². The summed E-state index contributed by atoms with van der Waals surface area (Å²) in [6.07, 6.45) is 2.04. The molecule has 1 aliphatic rings. The fraction of sp³-hybridized carbons (Fsp3) is 0.458. The normalized spacial score (nSPS) is 16.6. The first-order valence-corrected chi connectivity index (χ1v) is 11.4. The first-order chi connectivity index (χ1) is 15.6. The number of anilines is 1. The lowest BCUT2D eigenvalue weighted by atomic mass is 10.1. The molecule has 1 saturated heterocycles. The van der Waals surface area contributed by atoms with Crippen molar-refractivity contribution in [3.63, 3.8) is 0 Å². The molecule has 0 aromatic heterocycles. The Morgan fingerprint density at radius 2 is 1.94 bits per heavy atom. The standard InChI is InChI=1S/C24H30ClN3O5/c1-24(2,3)33-23(29)27-14-8-7-11-18(15-27)26-22-19(28(30)31)12-13-20(21(22)25)32-16-17-9-5-4-6-10-17/h4-6,9-10,12-13,18,26H,7-8,11,14-16H2,1-3H3/t18-/m1/s1. The Hall–Kier alpha value is -3.00. The van der Waals surface area contributed by atoms with Crippen molar-refractivity contribution in [1.82, 2.24) is 4.90 Å². The molecule has 1 fully saturated rings. The number of nitrogens with one attached hydrogen (secondary N) is 1. The molecule has 2 aromatic rings. The van der Waals surface area contributed by atoms with Gasteiger partial charge in [0.15, 0.2) is 0 Å². The highest BCUT2D eigenvalue weighted by molar-refractivity contribution is 6.35. The summed E-state index contributed by atoms with van der Waals surface area (Å²) >= 11 is 6.57. The number of carbonyl (C=O) groups excluding carboxylic acids is 1. The van der Waals surface area contributed by atoms with Gasteiger partial charge < -0.3 is 19.7 Å². The van der Waals surface area contributed by atoms with Crippen LogP contribution in [0.1, 0.15) is 45.6 Å². The van der Waals surface area contributed by atoms with E-state index in [4.69, 9.17) is 21.1 Å². The highest BCUT2D eigenvalue weighted by Crippen LogP contribution is 2.40. The molecular weight excluding hydrogens is 446 g/mol. The molecule has 1 amide bonds. The summed E-state index contributed by atoms with van der Waals surface area (Å²) in [6.45, 7) is 6.68. The second kappa shape index (κ2) is 10.7. The van der Waals surface area contributed by atoms with Crippen molar-refractivity contribution in [3.05, 3.63) is 63.2 Å². The number of likely N-dealkylation sites (tertiary alicyclic amines) is 1. The molecule has 0 spiro atoms. The maximum Gasteiger partial charge on any atom is 0.410 e. The summed E-state index contributed by atoms with van der Waals surface area (Å²) < 4.78 is 11.4. The monoisotopic (exact) mass is 475 g/mol. The SMILES string of the molecule is CC(C)(C)OC(=O)N1CCCC[C@@H](Nc2c([N+](=O)[O-])ccc(OCc3ccccc3)c2Cl)C1. The minimum atomic E-state index is -0.598. The van der Waals surface area contributed by atoms with Crippen LogP contribution >= 0.6 is 11.6 Å². The average Bonchev–Trinajstić information content (AvgIpc) is 2.99. The molecule has 2 aromatic carbocycles. The van der Waals surface area contributed by atoms with Crippen LogP contribution in [0.25, 0.3) is 0 Å². The number of nitrogens with zero attached hydrogens (tertiary/aromatic N) is 2. The van der Waals surface area contributed by atoms with Crippen molar-refractivity contribution >= 4 is 29.1 Å². The molecule has 1 heterocycles. The van der Waals surface area contributed by atoms with E-state index in [1.54, 1.807) is 4.90 Å². The van der Waals surface area contributed by atoms with Crippen molar-refractivity contribution in [2.45, 2.75) is 58.3 Å². The zero-order chi connectivity index (χ0) is 24.0. The lowest BCUT2D eigenvalue weighted by Crippen LogP contribution is -2.42. The summed E-state index contributed by atoms with van der Waals surface area (Å²) in [5, 5.41) is 15.1. The number of carbonyl (C=O) groups is 1. The molecule has 0 aliphatic carbocycles. The molecule has 1 N–H and O–H groups in total. The number of nitro benzene ring substituents is 1. The number of ether oxygens (including phenoxy) is 2. The Labute approximate surface area is 199 Å². The van der Waals surface area contributed by atoms with Gasteiger partial charge in [0.2, 0.25) is 0 Å². The van der Waals surface area contributed by atoms with Crippen molar-refractivity contribution in [2.75, 3.05) is 18.4 Å². The lowest BCUT2D eigenvalue weighted by molar-refractivity contribution is -0.384. The number of hydrogen-bond donors (Lipinski definition) is 1. The van der Waals surface area contributed by atoms with Crippen LogP contribution in [0.15, 0.2) is 42.5 Å². The van der Waals surface area contributed by atoms with Crippen LogP contribution in [0.3, 0.4) is 0 Å². The molecule has 0 bridgehead atoms. The van der Waals surface area contributed by atoms with E-state index in [0.29, 0.717) is 18.8 Å². The van der Waals surface area contributed by atoms with E-state index in [2.05, 4.69) is 5.32 Å². The van der Waals surface area contributed by atoms with Gasteiger partial charge in [-0.2, -0.15) is 0 Å². The molecule has 8 nitrogen and oxygen atoms in total. The van der Waals surface area contributed by atoms with Crippen LogP contribution in [0, 0.1) is 10.1 Å². The molecule has 178 valence electrons. The van der Waals surface area contributed by atoms with E-state index in [1.165, 1.54) is 12.1 Å². The predicted molar refractivity (Wildman–Crippen MR) is 128 cm³/mol. The van der Waals surface area contributed by atoms with Crippen LogP contribution in [0.2, 0.25) is 5.02 Å². The summed E-state index contributed by atoms with van der Waals surface area (Å²) in [5.41, 5.74) is 0.417. The van der Waals surface area contributed by atoms with Crippen LogP contribution in [-0.2, 0) is 11.3 Å². The molecule has 0 unspecified atom stereocenters. The van der Waals surface area contributed by atoms with Gasteiger partial charge in [0.1, 0.15) is 28.7 Å². The minimum absolute atomic E-state index is 0.139. The minimum Gasteiger partial charge on any atom is -0.487 e. The Morgan fingerprint density at radius 1 is 1.21 bits per heavy atom. The van der Waals surface area contributed by atoms with E-state index < -0.39 is 16.6 Å². The van der Waals surface area contributed by atoms with E-state index >= 15 is 0 Å². The molecule has 33 heavy (non-hydrogen) atoms. The van der Waals surface area contributed by atoms with Gasteiger partial charge in [-0.25, -0.2) is 4.79 Å². The number of hydrogen-bond acceptors (Lipinski definition) is 6. The van der Waals surface area contributed by atoms with E-state index in [0.717, 1.165) is 24.8 Å². The molecule has 0 saturated carbocycles. The Morgan fingerprint density at radius 3 is 2.61 bits per heavy atom. The smallest absolute Gasteiger partial charge is 0.410 e. The highest BCUT2D eigenvalue weighted by atomic mass is 35.5. The van der Waals surface area contributed by atoms with Crippen molar-refractivity contribution in [1.29, 1.82) is 0 Å². The van der Waals surface area contributed by atoms with E-state index in [-0.39, 0.29) is 29.0 Å². The van der Waals surface area contributed by atoms with Crippen LogP contribution in [0.4, 0.5) is 16.2 Å². The van der Waals surface area contributed by atoms with Crippen LogP contribution in [0.5, 0.6) is 5.75 Å². The Kier molecular flexibility index (Phi) is 8.02. The first kappa shape index (κ1) is 24.6. The summed E-state index contributed by atoms with van der Waals surface area (Å²) in [7, 11) is 0. The quantitative estimate of drug-likeness (QED) is 0.405. The molecule has 0 radical (unpaired) electrons. The topological polar surface area (TPSA) is 93.9 Å². The molecular formula is C24H30ClN3O5. The zero-order valence-corrected chi connectivity index (χ0v) is 19.9. The summed E-state index contributed by atoms with van der Waals surface area (Å²) in [5.74, 6) is 0.353. The maximum absolute atomic E-state index is 12.6. The summed E-state index contributed by atoms with van der Waals surface area (Å²) in [6, 6.07) is 12.3. The van der Waals surface area contributed by atoms with Gasteiger partial charge in [-0.05, 0) is 51.7 Å². The van der Waals surface area contributed by atoms with Gasteiger partial charge in [-0.1, -0.05) is 41.9 Å².